The molecular formula is C12H22F3N3O3S. The Hall–Kier alpha value is -0.870. The highest BCUT2D eigenvalue weighted by Crippen LogP contribution is 2.24. The Morgan fingerprint density at radius 1 is 1.27 bits per heavy atom. The Bertz CT molecular complexity index is 474. The summed E-state index contributed by atoms with van der Waals surface area (Å²) < 4.78 is 62.4. The summed E-state index contributed by atoms with van der Waals surface area (Å²) in [5, 5.41) is 4.31. The molecule has 22 heavy (non-hydrogen) atoms. The minimum absolute atomic E-state index is 0.227. The quantitative estimate of drug-likeness (QED) is 0.695. The van der Waals surface area contributed by atoms with Crippen LogP contribution in [0.3, 0.4) is 0 Å². The second-order valence-electron chi connectivity index (χ2n) is 5.50. The smallest absolute Gasteiger partial charge is 0.353 e. The molecule has 0 spiro atoms. The predicted octanol–water partition coefficient (Wildman–Crippen LogP) is -0.238. The molecule has 6 nitrogen and oxygen atoms in total. The van der Waals surface area contributed by atoms with Crippen LogP contribution in [0.1, 0.15) is 13.8 Å². The molecule has 0 aromatic rings. The summed E-state index contributed by atoms with van der Waals surface area (Å²) >= 11 is 0. The third-order valence-electron chi connectivity index (χ3n) is 3.51. The predicted molar refractivity (Wildman–Crippen MR) is 76.2 cm³/mol. The zero-order valence-electron chi connectivity index (χ0n) is 12.6. The molecule has 0 radical (unpaired) electrons. The largest absolute Gasteiger partial charge is 0.405 e. The van der Waals surface area contributed by atoms with E-state index in [0.29, 0.717) is 13.1 Å². The SMILES string of the molecule is CC(C)S(=O)(=O)CC(=O)NCC(N1CCNCC1)C(F)(F)F. The standard InChI is InChI=1S/C12H22F3N3O3S/c1-9(2)22(20,21)8-11(19)17-7-10(12(13,14)15)18-5-3-16-4-6-18/h9-10,16H,3-8H2,1-2H3,(H,17,19). The molecule has 1 rings (SSSR count). The zero-order chi connectivity index (χ0) is 17.0. The van der Waals surface area contributed by atoms with Crippen LogP contribution in [0.25, 0.3) is 0 Å². The van der Waals surface area contributed by atoms with Crippen molar-refractivity contribution in [3.8, 4) is 0 Å². The van der Waals surface area contributed by atoms with E-state index in [1.54, 1.807) is 0 Å². The van der Waals surface area contributed by atoms with Crippen molar-refractivity contribution in [3.63, 3.8) is 0 Å². The molecule has 1 saturated heterocycles. The maximum atomic E-state index is 13.1. The molecule has 10 heteroatoms. The van der Waals surface area contributed by atoms with Crippen molar-refractivity contribution >= 4 is 15.7 Å². The molecule has 0 bridgehead atoms. The van der Waals surface area contributed by atoms with Crippen molar-refractivity contribution in [2.75, 3.05) is 38.5 Å². The van der Waals surface area contributed by atoms with E-state index < -0.39 is 45.5 Å². The number of sulfone groups is 1. The van der Waals surface area contributed by atoms with Gasteiger partial charge in [0, 0.05) is 32.7 Å². The van der Waals surface area contributed by atoms with E-state index in [4.69, 9.17) is 0 Å². The topological polar surface area (TPSA) is 78.5 Å². The molecule has 1 fully saturated rings. The van der Waals surface area contributed by atoms with Crippen LogP contribution >= 0.6 is 0 Å². The van der Waals surface area contributed by atoms with Gasteiger partial charge in [-0.2, -0.15) is 13.2 Å². The summed E-state index contributed by atoms with van der Waals surface area (Å²) in [5.74, 6) is -1.70. The van der Waals surface area contributed by atoms with Gasteiger partial charge >= 0.3 is 6.18 Å². The summed E-state index contributed by atoms with van der Waals surface area (Å²) in [7, 11) is -3.62. The summed E-state index contributed by atoms with van der Waals surface area (Å²) in [6, 6.07) is -1.81. The molecule has 0 aliphatic carbocycles. The van der Waals surface area contributed by atoms with E-state index in [9.17, 15) is 26.4 Å². The number of nitrogens with one attached hydrogen (secondary N) is 2. The lowest BCUT2D eigenvalue weighted by Gasteiger charge is -2.35. The summed E-state index contributed by atoms with van der Waals surface area (Å²) in [6.07, 6.45) is -4.48. The molecule has 1 unspecified atom stereocenters. The van der Waals surface area contributed by atoms with Gasteiger partial charge in [0.15, 0.2) is 9.84 Å². The minimum Gasteiger partial charge on any atom is -0.353 e. The molecule has 0 aromatic carbocycles. The van der Waals surface area contributed by atoms with Gasteiger partial charge in [0.2, 0.25) is 5.91 Å². The van der Waals surface area contributed by atoms with Crippen LogP contribution in [0.15, 0.2) is 0 Å². The van der Waals surface area contributed by atoms with Crippen LogP contribution in [0.5, 0.6) is 0 Å². The molecule has 130 valence electrons. The Balaban J connectivity index is 2.62. The second-order valence-corrected chi connectivity index (χ2v) is 8.06. The van der Waals surface area contributed by atoms with Crippen molar-refractivity contribution in [1.29, 1.82) is 0 Å². The molecule has 1 aliphatic heterocycles. The van der Waals surface area contributed by atoms with Gasteiger partial charge in [-0.3, -0.25) is 9.69 Å². The number of carbonyl (C=O) groups excluding carboxylic acids is 1. The highest BCUT2D eigenvalue weighted by Gasteiger charge is 2.43. The van der Waals surface area contributed by atoms with Gasteiger partial charge in [0.25, 0.3) is 0 Å². The summed E-state index contributed by atoms with van der Waals surface area (Å²) in [5.41, 5.74) is 0. The van der Waals surface area contributed by atoms with Crippen LogP contribution in [-0.4, -0.2) is 75.2 Å². The first-order valence-corrected chi connectivity index (χ1v) is 8.75. The first-order chi connectivity index (χ1) is 10.0. The van der Waals surface area contributed by atoms with Crippen molar-refractivity contribution in [2.24, 2.45) is 0 Å². The maximum Gasteiger partial charge on any atom is 0.405 e. The van der Waals surface area contributed by atoms with E-state index in [1.165, 1.54) is 18.7 Å². The number of piperazine rings is 1. The van der Waals surface area contributed by atoms with Gasteiger partial charge < -0.3 is 10.6 Å². The van der Waals surface area contributed by atoms with Crippen LogP contribution in [0.4, 0.5) is 13.2 Å². The normalized spacial score (nSPS) is 19.2. The number of alkyl halides is 3. The Morgan fingerprint density at radius 3 is 2.27 bits per heavy atom. The van der Waals surface area contributed by atoms with E-state index >= 15 is 0 Å². The molecule has 1 aliphatic rings. The lowest BCUT2D eigenvalue weighted by atomic mass is 10.2. The fourth-order valence-corrected chi connectivity index (χ4v) is 2.86. The summed E-state index contributed by atoms with van der Waals surface area (Å²) in [6.45, 7) is 3.54. The van der Waals surface area contributed by atoms with E-state index in [-0.39, 0.29) is 13.1 Å². The van der Waals surface area contributed by atoms with Gasteiger partial charge in [-0.15, -0.1) is 0 Å². The molecule has 0 saturated carbocycles. The lowest BCUT2D eigenvalue weighted by Crippen LogP contribution is -2.57. The third kappa shape index (κ3) is 5.73. The Morgan fingerprint density at radius 2 is 1.82 bits per heavy atom. The molecule has 0 aromatic heterocycles. The average molecular weight is 345 g/mol. The molecule has 1 amide bonds. The van der Waals surface area contributed by atoms with Gasteiger partial charge in [0.05, 0.1) is 5.25 Å². The van der Waals surface area contributed by atoms with Crippen LogP contribution in [0, 0.1) is 0 Å². The highest BCUT2D eigenvalue weighted by atomic mass is 32.2. The van der Waals surface area contributed by atoms with E-state index in [1.807, 2.05) is 0 Å². The fraction of sp³-hybridized carbons (Fsp3) is 0.917. The lowest BCUT2D eigenvalue weighted by molar-refractivity contribution is -0.183. The fourth-order valence-electron chi connectivity index (χ4n) is 2.06. The summed E-state index contributed by atoms with van der Waals surface area (Å²) in [4.78, 5) is 12.8. The number of nitrogens with zero attached hydrogens (tertiary/aromatic N) is 1. The van der Waals surface area contributed by atoms with Crippen molar-refractivity contribution in [3.05, 3.63) is 0 Å². The number of hydrogen-bond donors (Lipinski definition) is 2. The number of halogens is 3. The van der Waals surface area contributed by atoms with Gasteiger partial charge in [-0.25, -0.2) is 8.42 Å². The third-order valence-corrected chi connectivity index (χ3v) is 5.61. The Labute approximate surface area is 128 Å². The highest BCUT2D eigenvalue weighted by molar-refractivity contribution is 7.92. The van der Waals surface area contributed by atoms with Gasteiger partial charge in [-0.1, -0.05) is 0 Å². The number of amides is 1. The molecule has 1 heterocycles. The first-order valence-electron chi connectivity index (χ1n) is 7.04. The van der Waals surface area contributed by atoms with E-state index in [2.05, 4.69) is 10.6 Å². The monoisotopic (exact) mass is 345 g/mol. The number of carbonyl (C=O) groups is 1. The molecular weight excluding hydrogens is 323 g/mol. The Kier molecular flexibility index (Phi) is 6.63. The number of hydrogen-bond acceptors (Lipinski definition) is 5. The van der Waals surface area contributed by atoms with Crippen LogP contribution < -0.4 is 10.6 Å². The van der Waals surface area contributed by atoms with Crippen LogP contribution in [0.2, 0.25) is 0 Å². The van der Waals surface area contributed by atoms with Gasteiger partial charge in [-0.05, 0) is 13.8 Å². The van der Waals surface area contributed by atoms with Gasteiger partial charge in [0.1, 0.15) is 11.8 Å². The number of rotatable bonds is 6. The van der Waals surface area contributed by atoms with Crippen molar-refractivity contribution in [2.45, 2.75) is 31.3 Å². The second kappa shape index (κ2) is 7.60. The molecule has 1 atom stereocenters. The first kappa shape index (κ1) is 19.2. The minimum atomic E-state index is -4.48. The van der Waals surface area contributed by atoms with Crippen molar-refractivity contribution in [1.82, 2.24) is 15.5 Å². The zero-order valence-corrected chi connectivity index (χ0v) is 13.4. The van der Waals surface area contributed by atoms with Crippen LogP contribution in [-0.2, 0) is 14.6 Å². The average Bonchev–Trinajstić information content (AvgIpc) is 2.37. The molecule has 2 N–H and O–H groups in total. The maximum absolute atomic E-state index is 13.1. The van der Waals surface area contributed by atoms with Crippen molar-refractivity contribution < 1.29 is 26.4 Å². The van der Waals surface area contributed by atoms with E-state index in [0.717, 1.165) is 0 Å².